The molecule has 0 bridgehead atoms. The van der Waals surface area contributed by atoms with Gasteiger partial charge in [-0.3, -0.25) is 4.79 Å². The molecule has 0 spiro atoms. The molecule has 5 rings (SSSR count). The van der Waals surface area contributed by atoms with Gasteiger partial charge in [0.2, 0.25) is 16.8 Å². The van der Waals surface area contributed by atoms with Crippen LogP contribution >= 0.6 is 11.3 Å². The number of carbonyl (C=O) groups is 1. The van der Waals surface area contributed by atoms with Gasteiger partial charge in [-0.1, -0.05) is 29.0 Å². The molecule has 31 heavy (non-hydrogen) atoms. The number of nitrogens with zero attached hydrogens (tertiary/aromatic N) is 3. The van der Waals surface area contributed by atoms with Crippen molar-refractivity contribution < 1.29 is 22.7 Å². The predicted molar refractivity (Wildman–Crippen MR) is 116 cm³/mol. The van der Waals surface area contributed by atoms with Crippen molar-refractivity contribution in [3.05, 3.63) is 46.8 Å². The van der Waals surface area contributed by atoms with Gasteiger partial charge in [-0.2, -0.15) is 9.30 Å². The Bertz CT molecular complexity index is 1360. The van der Waals surface area contributed by atoms with Crippen LogP contribution in [0.5, 0.6) is 11.5 Å². The number of aryl methyl sites for hydroxylation is 2. The largest absolute Gasteiger partial charge is 0.454 e. The molecule has 3 aromatic rings. The summed E-state index contributed by atoms with van der Waals surface area (Å²) in [6, 6.07) is 9.61. The topological polar surface area (TPSA) is 90.2 Å². The molecule has 0 saturated carbocycles. The molecule has 10 heteroatoms. The van der Waals surface area contributed by atoms with Crippen LogP contribution in [0.1, 0.15) is 18.4 Å². The average molecular weight is 460 g/mol. The van der Waals surface area contributed by atoms with Crippen LogP contribution in [0.2, 0.25) is 0 Å². The summed E-state index contributed by atoms with van der Waals surface area (Å²) >= 11 is 1.36. The van der Waals surface area contributed by atoms with Gasteiger partial charge in [0.05, 0.1) is 15.1 Å². The van der Waals surface area contributed by atoms with E-state index < -0.39 is 22.0 Å². The summed E-state index contributed by atoms with van der Waals surface area (Å²) in [5, 5.41) is 0. The van der Waals surface area contributed by atoms with Gasteiger partial charge in [-0.15, -0.1) is 0 Å². The first-order valence-corrected chi connectivity index (χ1v) is 12.2. The SMILES string of the molecule is Cc1ccc(S(=O)(=O)N2CCCC2C(=O)N=c2sc3cc4c(cc3n2C)OCO4)cc1. The lowest BCUT2D eigenvalue weighted by Crippen LogP contribution is -2.40. The first-order chi connectivity index (χ1) is 14.8. The quantitative estimate of drug-likeness (QED) is 0.601. The number of hydrogen-bond donors (Lipinski definition) is 0. The van der Waals surface area contributed by atoms with Crippen molar-refractivity contribution in [3.8, 4) is 11.5 Å². The molecule has 1 unspecified atom stereocenters. The maximum atomic E-state index is 13.1. The van der Waals surface area contributed by atoms with Gasteiger partial charge in [0.15, 0.2) is 16.3 Å². The molecular formula is C21H21N3O5S2. The van der Waals surface area contributed by atoms with E-state index in [9.17, 15) is 13.2 Å². The van der Waals surface area contributed by atoms with E-state index in [-0.39, 0.29) is 11.7 Å². The zero-order chi connectivity index (χ0) is 21.8. The summed E-state index contributed by atoms with van der Waals surface area (Å²) < 4.78 is 41.1. The normalized spacial score (nSPS) is 19.4. The van der Waals surface area contributed by atoms with Crippen LogP contribution < -0.4 is 14.3 Å². The van der Waals surface area contributed by atoms with Crippen LogP contribution in [0.25, 0.3) is 10.2 Å². The molecular weight excluding hydrogens is 438 g/mol. The lowest BCUT2D eigenvalue weighted by atomic mass is 10.2. The lowest BCUT2D eigenvalue weighted by molar-refractivity contribution is -0.121. The number of rotatable bonds is 3. The standard InChI is InChI=1S/C21H21N3O5S2/c1-13-5-7-14(8-6-13)31(26,27)24-9-3-4-15(24)20(25)22-21-23(2)16-10-17-18(29-12-28-17)11-19(16)30-21/h5-8,10-11,15H,3-4,9,12H2,1-2H3. The van der Waals surface area contributed by atoms with Gasteiger partial charge >= 0.3 is 0 Å². The second-order valence-corrected chi connectivity index (χ2v) is 10.6. The highest BCUT2D eigenvalue weighted by molar-refractivity contribution is 7.89. The van der Waals surface area contributed by atoms with E-state index in [2.05, 4.69) is 4.99 Å². The summed E-state index contributed by atoms with van der Waals surface area (Å²) in [4.78, 5) is 18.1. The van der Waals surface area contributed by atoms with Crippen LogP contribution in [0.15, 0.2) is 46.3 Å². The molecule has 1 saturated heterocycles. The third-order valence-corrected chi connectivity index (χ3v) is 8.64. The van der Waals surface area contributed by atoms with Gasteiger partial charge in [0.25, 0.3) is 5.91 Å². The second-order valence-electron chi connectivity index (χ2n) is 7.65. The number of aromatic nitrogens is 1. The molecule has 0 radical (unpaired) electrons. The van der Waals surface area contributed by atoms with Crippen molar-refractivity contribution in [2.24, 2.45) is 12.0 Å². The van der Waals surface area contributed by atoms with Crippen LogP contribution in [0.3, 0.4) is 0 Å². The van der Waals surface area contributed by atoms with Gasteiger partial charge in [0, 0.05) is 25.7 Å². The third-order valence-electron chi connectivity index (χ3n) is 5.63. The second kappa shape index (κ2) is 7.47. The molecule has 1 fully saturated rings. The Labute approximate surface area is 183 Å². The van der Waals surface area contributed by atoms with Crippen LogP contribution in [-0.4, -0.2) is 42.6 Å². The Morgan fingerprint density at radius 2 is 1.87 bits per heavy atom. The molecule has 1 aromatic heterocycles. The van der Waals surface area contributed by atoms with Gasteiger partial charge in [-0.25, -0.2) is 8.42 Å². The number of carbonyl (C=O) groups excluding carboxylic acids is 1. The lowest BCUT2D eigenvalue weighted by Gasteiger charge is -2.21. The molecule has 2 aromatic carbocycles. The number of amides is 1. The van der Waals surface area contributed by atoms with Crippen molar-refractivity contribution in [3.63, 3.8) is 0 Å². The highest BCUT2D eigenvalue weighted by Crippen LogP contribution is 2.36. The van der Waals surface area contributed by atoms with E-state index in [0.29, 0.717) is 35.7 Å². The van der Waals surface area contributed by atoms with Crippen LogP contribution in [0.4, 0.5) is 0 Å². The minimum atomic E-state index is -3.77. The maximum absolute atomic E-state index is 13.1. The van der Waals surface area contributed by atoms with Gasteiger partial charge in [-0.05, 0) is 31.9 Å². The monoisotopic (exact) mass is 459 g/mol. The summed E-state index contributed by atoms with van der Waals surface area (Å²) in [7, 11) is -1.95. The Morgan fingerprint density at radius 3 is 2.61 bits per heavy atom. The average Bonchev–Trinajstić information content (AvgIpc) is 3.47. The third kappa shape index (κ3) is 3.44. The molecule has 162 valence electrons. The molecule has 2 aliphatic rings. The zero-order valence-corrected chi connectivity index (χ0v) is 18.7. The Morgan fingerprint density at radius 1 is 1.16 bits per heavy atom. The highest BCUT2D eigenvalue weighted by atomic mass is 32.2. The van der Waals surface area contributed by atoms with E-state index in [4.69, 9.17) is 9.47 Å². The summed E-state index contributed by atoms with van der Waals surface area (Å²) in [6.07, 6.45) is 1.08. The molecule has 8 nitrogen and oxygen atoms in total. The summed E-state index contributed by atoms with van der Waals surface area (Å²) in [6.45, 7) is 2.40. The first kappa shape index (κ1) is 20.2. The number of fused-ring (bicyclic) bond motifs is 2. The fourth-order valence-corrected chi connectivity index (χ4v) is 6.60. The van der Waals surface area contributed by atoms with Crippen molar-refractivity contribution in [1.82, 2.24) is 8.87 Å². The number of benzene rings is 2. The van der Waals surface area contributed by atoms with E-state index in [0.717, 1.165) is 15.8 Å². The smallest absolute Gasteiger partial charge is 0.266 e. The molecule has 1 atom stereocenters. The number of sulfonamides is 1. The van der Waals surface area contributed by atoms with Crippen LogP contribution in [0, 0.1) is 6.92 Å². The van der Waals surface area contributed by atoms with Gasteiger partial charge < -0.3 is 14.0 Å². The fourth-order valence-electron chi connectivity index (χ4n) is 3.91. The first-order valence-electron chi connectivity index (χ1n) is 9.91. The van der Waals surface area contributed by atoms with E-state index in [1.165, 1.54) is 15.6 Å². The zero-order valence-electron chi connectivity index (χ0n) is 17.1. The van der Waals surface area contributed by atoms with Crippen molar-refractivity contribution >= 4 is 37.5 Å². The van der Waals surface area contributed by atoms with Gasteiger partial charge in [0.1, 0.15) is 6.04 Å². The summed E-state index contributed by atoms with van der Waals surface area (Å²) in [5.74, 6) is 0.874. The van der Waals surface area contributed by atoms with Crippen LogP contribution in [-0.2, 0) is 21.9 Å². The Hall–Kier alpha value is -2.69. The number of ether oxygens (including phenoxy) is 2. The minimum absolute atomic E-state index is 0.193. The molecule has 0 aliphatic carbocycles. The van der Waals surface area contributed by atoms with Crippen molar-refractivity contribution in [2.45, 2.75) is 30.7 Å². The molecule has 1 amide bonds. The number of hydrogen-bond acceptors (Lipinski definition) is 6. The minimum Gasteiger partial charge on any atom is -0.454 e. The predicted octanol–water partition coefficient (Wildman–Crippen LogP) is 2.56. The Balaban J connectivity index is 1.49. The van der Waals surface area contributed by atoms with Crippen molar-refractivity contribution in [1.29, 1.82) is 0 Å². The van der Waals surface area contributed by atoms with E-state index in [1.807, 2.05) is 30.7 Å². The molecule has 0 N–H and O–H groups in total. The Kier molecular flexibility index (Phi) is 4.87. The van der Waals surface area contributed by atoms with E-state index >= 15 is 0 Å². The maximum Gasteiger partial charge on any atom is 0.266 e. The molecule has 3 heterocycles. The summed E-state index contributed by atoms with van der Waals surface area (Å²) in [5.41, 5.74) is 1.85. The molecule has 2 aliphatic heterocycles. The number of thiazole rings is 1. The van der Waals surface area contributed by atoms with E-state index in [1.54, 1.807) is 24.3 Å². The highest BCUT2D eigenvalue weighted by Gasteiger charge is 2.39. The van der Waals surface area contributed by atoms with Crippen molar-refractivity contribution in [2.75, 3.05) is 13.3 Å². The fraction of sp³-hybridized carbons (Fsp3) is 0.333.